The Balaban J connectivity index is 1.38. The SMILES string of the molecule is NC1CCN(C(=O)CCN2CCN(c3ncccn3)CC2)CC1. The number of hydrogen-bond acceptors (Lipinski definition) is 6. The van der Waals surface area contributed by atoms with Gasteiger partial charge in [-0.15, -0.1) is 0 Å². The summed E-state index contributed by atoms with van der Waals surface area (Å²) in [6, 6.07) is 2.10. The number of carbonyl (C=O) groups excluding carboxylic acids is 1. The molecule has 7 heteroatoms. The highest BCUT2D eigenvalue weighted by molar-refractivity contribution is 5.76. The molecule has 2 saturated heterocycles. The van der Waals surface area contributed by atoms with E-state index in [4.69, 9.17) is 5.73 Å². The Bertz CT molecular complexity index is 495. The Morgan fingerprint density at radius 1 is 1.09 bits per heavy atom. The number of anilines is 1. The van der Waals surface area contributed by atoms with Crippen LogP contribution in [0.25, 0.3) is 0 Å². The van der Waals surface area contributed by atoms with Gasteiger partial charge in [-0.25, -0.2) is 9.97 Å². The van der Waals surface area contributed by atoms with Gasteiger partial charge in [0.05, 0.1) is 0 Å². The van der Waals surface area contributed by atoms with Gasteiger partial charge in [0.2, 0.25) is 11.9 Å². The number of likely N-dealkylation sites (tertiary alicyclic amines) is 1. The first-order chi connectivity index (χ1) is 11.2. The van der Waals surface area contributed by atoms with E-state index in [2.05, 4.69) is 19.8 Å². The van der Waals surface area contributed by atoms with E-state index in [0.717, 1.165) is 64.6 Å². The molecule has 2 aliphatic rings. The monoisotopic (exact) mass is 318 g/mol. The van der Waals surface area contributed by atoms with Crippen molar-refractivity contribution in [2.75, 3.05) is 50.7 Å². The zero-order chi connectivity index (χ0) is 16.1. The van der Waals surface area contributed by atoms with Crippen molar-refractivity contribution in [1.29, 1.82) is 0 Å². The molecule has 23 heavy (non-hydrogen) atoms. The van der Waals surface area contributed by atoms with Gasteiger partial charge in [0.15, 0.2) is 0 Å². The Labute approximate surface area is 137 Å². The van der Waals surface area contributed by atoms with E-state index in [-0.39, 0.29) is 11.9 Å². The maximum Gasteiger partial charge on any atom is 0.225 e. The largest absolute Gasteiger partial charge is 0.343 e. The van der Waals surface area contributed by atoms with Gasteiger partial charge in [-0.3, -0.25) is 9.69 Å². The second-order valence-electron chi connectivity index (χ2n) is 6.35. The zero-order valence-corrected chi connectivity index (χ0v) is 13.6. The smallest absolute Gasteiger partial charge is 0.225 e. The van der Waals surface area contributed by atoms with Gasteiger partial charge in [-0.2, -0.15) is 0 Å². The molecule has 0 aromatic carbocycles. The molecule has 0 spiro atoms. The number of nitrogens with two attached hydrogens (primary N) is 1. The number of nitrogens with zero attached hydrogens (tertiary/aromatic N) is 5. The van der Waals surface area contributed by atoms with Crippen molar-refractivity contribution < 1.29 is 4.79 Å². The standard InChI is InChI=1S/C16H26N6O/c17-14-2-8-21(9-3-14)15(23)4-7-20-10-12-22(13-11-20)16-18-5-1-6-19-16/h1,5-6,14H,2-4,7-13,17H2. The maximum atomic E-state index is 12.3. The van der Waals surface area contributed by atoms with Crippen LogP contribution in [0.2, 0.25) is 0 Å². The van der Waals surface area contributed by atoms with Gasteiger partial charge in [0.25, 0.3) is 0 Å². The van der Waals surface area contributed by atoms with Crippen LogP contribution in [0, 0.1) is 0 Å². The average Bonchev–Trinajstić information content (AvgIpc) is 2.61. The molecule has 2 aliphatic heterocycles. The molecule has 0 saturated carbocycles. The van der Waals surface area contributed by atoms with E-state index in [1.165, 1.54) is 0 Å². The molecule has 0 radical (unpaired) electrons. The Kier molecular flexibility index (Phi) is 5.40. The average molecular weight is 318 g/mol. The normalized spacial score (nSPS) is 20.7. The maximum absolute atomic E-state index is 12.3. The Morgan fingerprint density at radius 3 is 2.39 bits per heavy atom. The summed E-state index contributed by atoms with van der Waals surface area (Å²) in [5, 5.41) is 0. The summed E-state index contributed by atoms with van der Waals surface area (Å²) >= 11 is 0. The molecule has 7 nitrogen and oxygen atoms in total. The minimum absolute atomic E-state index is 0.269. The highest BCUT2D eigenvalue weighted by atomic mass is 16.2. The first-order valence-corrected chi connectivity index (χ1v) is 8.50. The molecule has 1 aromatic heterocycles. The van der Waals surface area contributed by atoms with E-state index in [1.54, 1.807) is 12.4 Å². The van der Waals surface area contributed by atoms with Gasteiger partial charge in [-0.05, 0) is 18.9 Å². The summed E-state index contributed by atoms with van der Waals surface area (Å²) in [5.41, 5.74) is 5.89. The van der Waals surface area contributed by atoms with Crippen LogP contribution in [-0.2, 0) is 4.79 Å². The molecule has 0 aliphatic carbocycles. The highest BCUT2D eigenvalue weighted by Crippen LogP contribution is 2.12. The highest BCUT2D eigenvalue weighted by Gasteiger charge is 2.22. The third-order valence-electron chi connectivity index (χ3n) is 4.74. The molecule has 3 rings (SSSR count). The van der Waals surface area contributed by atoms with Gasteiger partial charge in [0, 0.05) is 70.7 Å². The molecule has 2 fully saturated rings. The van der Waals surface area contributed by atoms with Crippen LogP contribution in [-0.4, -0.2) is 77.5 Å². The van der Waals surface area contributed by atoms with E-state index >= 15 is 0 Å². The molecule has 1 aromatic rings. The lowest BCUT2D eigenvalue weighted by molar-refractivity contribution is -0.132. The summed E-state index contributed by atoms with van der Waals surface area (Å²) < 4.78 is 0. The number of aromatic nitrogens is 2. The number of rotatable bonds is 4. The quantitative estimate of drug-likeness (QED) is 0.838. The summed E-state index contributed by atoms with van der Waals surface area (Å²) in [6.07, 6.45) is 6.02. The number of piperidine rings is 1. The number of hydrogen-bond donors (Lipinski definition) is 1. The topological polar surface area (TPSA) is 78.6 Å². The lowest BCUT2D eigenvalue weighted by Crippen LogP contribution is -2.48. The van der Waals surface area contributed by atoms with Crippen molar-refractivity contribution in [2.45, 2.75) is 25.3 Å². The summed E-state index contributed by atoms with van der Waals surface area (Å²) in [6.45, 7) is 6.21. The molecule has 2 N–H and O–H groups in total. The number of amides is 1. The fourth-order valence-corrected chi connectivity index (χ4v) is 3.19. The van der Waals surface area contributed by atoms with Crippen LogP contribution in [0.1, 0.15) is 19.3 Å². The first-order valence-electron chi connectivity index (χ1n) is 8.50. The van der Waals surface area contributed by atoms with Crippen LogP contribution in [0.15, 0.2) is 18.5 Å². The van der Waals surface area contributed by atoms with Gasteiger partial charge in [-0.1, -0.05) is 0 Å². The Morgan fingerprint density at radius 2 is 1.74 bits per heavy atom. The molecule has 3 heterocycles. The first kappa shape index (κ1) is 16.1. The van der Waals surface area contributed by atoms with Crippen molar-refractivity contribution >= 4 is 11.9 Å². The minimum atomic E-state index is 0.269. The third-order valence-corrected chi connectivity index (χ3v) is 4.74. The van der Waals surface area contributed by atoms with E-state index < -0.39 is 0 Å². The predicted octanol–water partition coefficient (Wildman–Crippen LogP) is -0.0616. The second kappa shape index (κ2) is 7.70. The zero-order valence-electron chi connectivity index (χ0n) is 13.6. The molecule has 0 unspecified atom stereocenters. The van der Waals surface area contributed by atoms with Crippen LogP contribution >= 0.6 is 0 Å². The molecule has 126 valence electrons. The fourth-order valence-electron chi connectivity index (χ4n) is 3.19. The van der Waals surface area contributed by atoms with Gasteiger partial charge in [0.1, 0.15) is 0 Å². The molecule has 0 atom stereocenters. The van der Waals surface area contributed by atoms with E-state index in [0.29, 0.717) is 6.42 Å². The van der Waals surface area contributed by atoms with Crippen LogP contribution in [0.4, 0.5) is 5.95 Å². The van der Waals surface area contributed by atoms with Crippen molar-refractivity contribution in [3.8, 4) is 0 Å². The molecular formula is C16H26N6O. The van der Waals surface area contributed by atoms with Crippen molar-refractivity contribution in [2.24, 2.45) is 5.73 Å². The van der Waals surface area contributed by atoms with Crippen molar-refractivity contribution in [3.05, 3.63) is 18.5 Å². The van der Waals surface area contributed by atoms with E-state index in [1.807, 2.05) is 11.0 Å². The van der Waals surface area contributed by atoms with Crippen LogP contribution in [0.3, 0.4) is 0 Å². The summed E-state index contributed by atoms with van der Waals surface area (Å²) in [4.78, 5) is 27.4. The molecular weight excluding hydrogens is 292 g/mol. The van der Waals surface area contributed by atoms with Crippen LogP contribution in [0.5, 0.6) is 0 Å². The second-order valence-corrected chi connectivity index (χ2v) is 6.35. The molecule has 0 bridgehead atoms. The van der Waals surface area contributed by atoms with E-state index in [9.17, 15) is 4.79 Å². The predicted molar refractivity (Wildman–Crippen MR) is 89.1 cm³/mol. The number of carbonyl (C=O) groups is 1. The number of piperazine rings is 1. The summed E-state index contributed by atoms with van der Waals surface area (Å²) in [7, 11) is 0. The third kappa shape index (κ3) is 4.39. The van der Waals surface area contributed by atoms with Crippen molar-refractivity contribution in [1.82, 2.24) is 19.8 Å². The fraction of sp³-hybridized carbons (Fsp3) is 0.688. The summed E-state index contributed by atoms with van der Waals surface area (Å²) in [5.74, 6) is 1.07. The van der Waals surface area contributed by atoms with Crippen LogP contribution < -0.4 is 10.6 Å². The lowest BCUT2D eigenvalue weighted by Gasteiger charge is -2.35. The Hall–Kier alpha value is -1.73. The minimum Gasteiger partial charge on any atom is -0.343 e. The van der Waals surface area contributed by atoms with Crippen molar-refractivity contribution in [3.63, 3.8) is 0 Å². The van der Waals surface area contributed by atoms with Gasteiger partial charge < -0.3 is 15.5 Å². The molecule has 1 amide bonds. The van der Waals surface area contributed by atoms with Gasteiger partial charge >= 0.3 is 0 Å². The lowest BCUT2D eigenvalue weighted by atomic mass is 10.1.